The Bertz CT molecular complexity index is 936. The molecule has 0 N–H and O–H groups in total. The summed E-state index contributed by atoms with van der Waals surface area (Å²) in [5.74, 6) is 0.163. The van der Waals surface area contributed by atoms with Gasteiger partial charge >= 0.3 is 5.97 Å². The van der Waals surface area contributed by atoms with Crippen molar-refractivity contribution >= 4 is 41.0 Å². The zero-order chi connectivity index (χ0) is 19.6. The Labute approximate surface area is 166 Å². The van der Waals surface area contributed by atoms with E-state index in [2.05, 4.69) is 0 Å². The maximum atomic E-state index is 12.5. The highest BCUT2D eigenvalue weighted by molar-refractivity contribution is 6.35. The minimum Gasteiger partial charge on any atom is -0.479 e. The maximum absolute atomic E-state index is 12.5. The lowest BCUT2D eigenvalue weighted by Crippen LogP contribution is -2.26. The van der Waals surface area contributed by atoms with E-state index in [1.165, 1.54) is 0 Å². The van der Waals surface area contributed by atoms with E-state index in [0.717, 1.165) is 0 Å². The first-order valence-electron chi connectivity index (χ1n) is 8.25. The second-order valence-electron chi connectivity index (χ2n) is 5.78. The van der Waals surface area contributed by atoms with E-state index in [4.69, 9.17) is 37.4 Å². The van der Waals surface area contributed by atoms with E-state index >= 15 is 0 Å². The van der Waals surface area contributed by atoms with Gasteiger partial charge in [0.1, 0.15) is 11.5 Å². The number of carbonyl (C=O) groups is 2. The average molecular weight is 407 g/mol. The predicted octanol–water partition coefficient (Wildman–Crippen LogP) is 4.94. The minimum atomic E-state index is -0.775. The van der Waals surface area contributed by atoms with Gasteiger partial charge in [0.25, 0.3) is 0 Å². The molecule has 3 rings (SSSR count). The summed E-state index contributed by atoms with van der Waals surface area (Å²) >= 11 is 12.0. The van der Waals surface area contributed by atoms with E-state index in [1.54, 1.807) is 56.3 Å². The van der Waals surface area contributed by atoms with Gasteiger partial charge in [0, 0.05) is 16.1 Å². The monoisotopic (exact) mass is 406 g/mol. The van der Waals surface area contributed by atoms with Crippen LogP contribution in [0.2, 0.25) is 10.0 Å². The van der Waals surface area contributed by atoms with Crippen molar-refractivity contribution < 1.29 is 23.8 Å². The highest BCUT2D eigenvalue weighted by atomic mass is 35.5. The Morgan fingerprint density at radius 2 is 2.00 bits per heavy atom. The molecule has 0 bridgehead atoms. The van der Waals surface area contributed by atoms with E-state index in [0.29, 0.717) is 32.7 Å². The van der Waals surface area contributed by atoms with E-state index < -0.39 is 12.1 Å². The summed E-state index contributed by atoms with van der Waals surface area (Å²) in [5, 5.41) is 0.913. The van der Waals surface area contributed by atoms with Gasteiger partial charge in [-0.1, -0.05) is 29.3 Å². The number of Topliss-reactive ketones (excluding diaryl/α,β-unsaturated/α-hetero) is 1. The molecule has 0 saturated carbocycles. The lowest BCUT2D eigenvalue weighted by molar-refractivity contribution is -0.150. The molecule has 0 amide bonds. The van der Waals surface area contributed by atoms with Crippen molar-refractivity contribution in [3.8, 4) is 11.5 Å². The molecule has 0 saturated heterocycles. The number of halogens is 2. The first-order chi connectivity index (χ1) is 12.9. The van der Waals surface area contributed by atoms with Gasteiger partial charge in [-0.25, -0.2) is 4.79 Å². The van der Waals surface area contributed by atoms with Crippen molar-refractivity contribution in [1.82, 2.24) is 0 Å². The van der Waals surface area contributed by atoms with E-state index in [1.807, 2.05) is 0 Å². The Morgan fingerprint density at radius 1 is 1.22 bits per heavy atom. The fourth-order valence-corrected chi connectivity index (χ4v) is 2.98. The smallest absolute Gasteiger partial charge is 0.347 e. The quantitative estimate of drug-likeness (QED) is 0.519. The zero-order valence-corrected chi connectivity index (χ0v) is 16.1. The van der Waals surface area contributed by atoms with Gasteiger partial charge < -0.3 is 14.2 Å². The molecule has 7 heteroatoms. The number of hydrogen-bond donors (Lipinski definition) is 0. The van der Waals surface area contributed by atoms with Crippen molar-refractivity contribution in [3.63, 3.8) is 0 Å². The number of ketones is 1. The van der Waals surface area contributed by atoms with Crippen molar-refractivity contribution in [1.29, 1.82) is 0 Å². The van der Waals surface area contributed by atoms with Gasteiger partial charge in [0.15, 0.2) is 11.9 Å². The van der Waals surface area contributed by atoms with Crippen LogP contribution in [-0.4, -0.2) is 24.5 Å². The highest BCUT2D eigenvalue weighted by Crippen LogP contribution is 2.36. The average Bonchev–Trinajstić information content (AvgIpc) is 2.93. The van der Waals surface area contributed by atoms with Gasteiger partial charge in [-0.15, -0.1) is 0 Å². The molecule has 0 spiro atoms. The van der Waals surface area contributed by atoms with Crippen LogP contribution >= 0.6 is 23.2 Å². The number of esters is 1. The zero-order valence-electron chi connectivity index (χ0n) is 14.6. The molecule has 0 fully saturated rings. The summed E-state index contributed by atoms with van der Waals surface area (Å²) in [6.07, 6.45) is 0.783. The Kier molecular flexibility index (Phi) is 5.73. The molecule has 1 atom stereocenters. The van der Waals surface area contributed by atoms with Gasteiger partial charge in [0.2, 0.25) is 5.78 Å². The molecule has 1 heterocycles. The van der Waals surface area contributed by atoms with Crippen LogP contribution in [0.25, 0.3) is 6.08 Å². The molecule has 1 aliphatic heterocycles. The van der Waals surface area contributed by atoms with Gasteiger partial charge in [-0.05, 0) is 49.8 Å². The number of ether oxygens (including phenoxy) is 3. The molecular formula is C20H16Cl2O5. The summed E-state index contributed by atoms with van der Waals surface area (Å²) in [6.45, 7) is 3.58. The fourth-order valence-electron chi connectivity index (χ4n) is 2.51. The fraction of sp³-hybridized carbons (Fsp3) is 0.200. The summed E-state index contributed by atoms with van der Waals surface area (Å²) < 4.78 is 16.1. The van der Waals surface area contributed by atoms with Crippen molar-refractivity contribution in [3.05, 3.63) is 63.3 Å². The number of fused-ring (bicyclic) bond motifs is 1. The summed E-state index contributed by atoms with van der Waals surface area (Å²) in [4.78, 5) is 24.2. The molecule has 0 radical (unpaired) electrons. The van der Waals surface area contributed by atoms with Gasteiger partial charge in [-0.3, -0.25) is 4.79 Å². The second-order valence-corrected chi connectivity index (χ2v) is 6.62. The van der Waals surface area contributed by atoms with Crippen molar-refractivity contribution in [2.45, 2.75) is 20.0 Å². The largest absolute Gasteiger partial charge is 0.479 e. The Balaban J connectivity index is 1.81. The number of allylic oxidation sites excluding steroid dienone is 1. The molecule has 27 heavy (non-hydrogen) atoms. The van der Waals surface area contributed by atoms with Gasteiger partial charge in [-0.2, -0.15) is 0 Å². The maximum Gasteiger partial charge on any atom is 0.347 e. The third-order valence-electron chi connectivity index (χ3n) is 3.82. The van der Waals surface area contributed by atoms with Crippen LogP contribution < -0.4 is 9.47 Å². The second kappa shape index (κ2) is 8.03. The molecule has 140 valence electrons. The molecule has 0 aromatic heterocycles. The molecular weight excluding hydrogens is 391 g/mol. The molecule has 0 unspecified atom stereocenters. The van der Waals surface area contributed by atoms with Crippen molar-refractivity contribution in [2.75, 3.05) is 6.61 Å². The number of benzene rings is 2. The van der Waals surface area contributed by atoms with Crippen LogP contribution in [0.3, 0.4) is 0 Å². The summed E-state index contributed by atoms with van der Waals surface area (Å²) in [6, 6.07) is 9.73. The molecule has 1 aliphatic rings. The van der Waals surface area contributed by atoms with Gasteiger partial charge in [0.05, 0.1) is 12.2 Å². The van der Waals surface area contributed by atoms with Crippen LogP contribution in [0.15, 0.2) is 42.2 Å². The molecule has 2 aromatic rings. The van der Waals surface area contributed by atoms with E-state index in [9.17, 15) is 9.59 Å². The Morgan fingerprint density at radius 3 is 2.70 bits per heavy atom. The summed E-state index contributed by atoms with van der Waals surface area (Å²) in [5.41, 5.74) is 1.02. The normalized spacial score (nSPS) is 15.3. The first-order valence-corrected chi connectivity index (χ1v) is 9.01. The Hall–Kier alpha value is -2.50. The number of rotatable bonds is 5. The van der Waals surface area contributed by atoms with E-state index in [-0.39, 0.29) is 18.1 Å². The predicted molar refractivity (Wildman–Crippen MR) is 103 cm³/mol. The standard InChI is InChI=1S/C20H16Cl2O5/c1-3-25-20(24)11(2)26-14-6-7-15-17(10-14)27-18(19(15)23)8-12-4-5-13(21)9-16(12)22/h4-11H,3H2,1-2H3/t11-/m1/s1. The summed E-state index contributed by atoms with van der Waals surface area (Å²) in [7, 11) is 0. The lowest BCUT2D eigenvalue weighted by Gasteiger charge is -2.13. The van der Waals surface area contributed by atoms with Crippen LogP contribution in [-0.2, 0) is 9.53 Å². The van der Waals surface area contributed by atoms with Crippen LogP contribution in [0.5, 0.6) is 11.5 Å². The molecule has 0 aliphatic carbocycles. The number of carbonyl (C=O) groups excluding carboxylic acids is 2. The third-order valence-corrected chi connectivity index (χ3v) is 4.38. The number of hydrogen-bond acceptors (Lipinski definition) is 5. The van der Waals surface area contributed by atoms with Crippen molar-refractivity contribution in [2.24, 2.45) is 0 Å². The lowest BCUT2D eigenvalue weighted by atomic mass is 10.1. The minimum absolute atomic E-state index is 0.143. The first kappa shape index (κ1) is 19.3. The topological polar surface area (TPSA) is 61.8 Å². The van der Waals surface area contributed by atoms with Crippen LogP contribution in [0.4, 0.5) is 0 Å². The molecule has 5 nitrogen and oxygen atoms in total. The molecule has 2 aromatic carbocycles. The SMILES string of the molecule is CCOC(=O)[C@@H](C)Oc1ccc2c(c1)OC(=Cc1ccc(Cl)cc1Cl)C2=O. The highest BCUT2D eigenvalue weighted by Gasteiger charge is 2.28. The van der Waals surface area contributed by atoms with Crippen LogP contribution in [0, 0.1) is 0 Å². The third kappa shape index (κ3) is 4.26. The van der Waals surface area contributed by atoms with Crippen LogP contribution in [0.1, 0.15) is 29.8 Å².